The van der Waals surface area contributed by atoms with Gasteiger partial charge in [0.05, 0.1) is 23.3 Å². The number of methoxy groups -OCH3 is 1. The zero-order chi connectivity index (χ0) is 43.2. The lowest BCUT2D eigenvalue weighted by Gasteiger charge is -2.12. The first-order valence-corrected chi connectivity index (χ1v) is 20.0. The van der Waals surface area contributed by atoms with Gasteiger partial charge in [-0.2, -0.15) is 0 Å². The molecule has 10 rings (SSSR count). The van der Waals surface area contributed by atoms with Gasteiger partial charge in [0.1, 0.15) is 45.7 Å². The second-order valence-electron chi connectivity index (χ2n) is 15.0. The maximum absolute atomic E-state index is 14.3. The third-order valence-electron chi connectivity index (χ3n) is 11.0. The van der Waals surface area contributed by atoms with Gasteiger partial charge < -0.3 is 27.9 Å². The minimum absolute atomic E-state index is 0.179. The van der Waals surface area contributed by atoms with E-state index in [1.54, 1.807) is 105 Å². The number of nitrogens with zero attached hydrogens (tertiary/aromatic N) is 6. The molecule has 0 bridgehead atoms. The van der Waals surface area contributed by atoms with Crippen LogP contribution in [0.4, 0.5) is 0 Å². The van der Waals surface area contributed by atoms with Crippen LogP contribution in [0.3, 0.4) is 0 Å². The number of ketones is 3. The Labute approximate surface area is 360 Å². The van der Waals surface area contributed by atoms with Crippen molar-refractivity contribution in [3.63, 3.8) is 0 Å². The van der Waals surface area contributed by atoms with Gasteiger partial charge in [-0.1, -0.05) is 0 Å². The Morgan fingerprint density at radius 3 is 1.25 bits per heavy atom. The van der Waals surface area contributed by atoms with Gasteiger partial charge in [0.15, 0.2) is 17.3 Å². The van der Waals surface area contributed by atoms with E-state index in [1.165, 1.54) is 18.2 Å². The molecule has 0 fully saturated rings. The van der Waals surface area contributed by atoms with Crippen molar-refractivity contribution in [2.75, 3.05) is 7.11 Å². The van der Waals surface area contributed by atoms with Gasteiger partial charge >= 0.3 is 0 Å². The summed E-state index contributed by atoms with van der Waals surface area (Å²) in [5.74, 6) is 1.92. The van der Waals surface area contributed by atoms with Crippen LogP contribution in [0, 0.1) is 0 Å². The van der Waals surface area contributed by atoms with Crippen molar-refractivity contribution in [3.8, 4) is 34.4 Å². The molecular weight excluding hydrogens is 793 g/mol. The van der Waals surface area contributed by atoms with Gasteiger partial charge in [-0.15, -0.1) is 0 Å². The quantitative estimate of drug-likeness (QED) is 0.110. The number of carbonyl (C=O) groups is 3. The minimum Gasteiger partial charge on any atom is -0.496 e. The molecule has 0 saturated carbocycles. The van der Waals surface area contributed by atoms with Crippen molar-refractivity contribution in [3.05, 3.63) is 198 Å². The molecule has 306 valence electrons. The monoisotopic (exact) mass is 828 g/mol. The van der Waals surface area contributed by atoms with Crippen molar-refractivity contribution in [1.29, 1.82) is 0 Å². The van der Waals surface area contributed by atoms with Crippen LogP contribution in [-0.4, -0.2) is 53.1 Å². The first-order valence-electron chi connectivity index (χ1n) is 20.0. The fourth-order valence-corrected chi connectivity index (χ4v) is 7.75. The van der Waals surface area contributed by atoms with Crippen LogP contribution < -0.4 is 14.2 Å². The minimum atomic E-state index is -0.370. The number of hydrogen-bond donors (Lipinski definition) is 0. The molecule has 6 heterocycles. The number of hydrogen-bond acceptors (Lipinski definition) is 9. The molecule has 6 aromatic heterocycles. The zero-order valence-electron chi connectivity index (χ0n) is 34.2. The number of ether oxygens (including phenoxy) is 3. The summed E-state index contributed by atoms with van der Waals surface area (Å²) >= 11 is 0. The van der Waals surface area contributed by atoms with E-state index in [4.69, 9.17) is 14.2 Å². The summed E-state index contributed by atoms with van der Waals surface area (Å²) < 4.78 is 23.6. The first kappa shape index (κ1) is 38.6. The van der Waals surface area contributed by atoms with Gasteiger partial charge in [-0.05, 0) is 127 Å². The molecule has 0 radical (unpaired) electrons. The molecule has 0 aliphatic carbocycles. The maximum Gasteiger partial charge on any atom is 0.193 e. The summed E-state index contributed by atoms with van der Waals surface area (Å²) in [4.78, 5) is 56.2. The molecule has 10 aromatic rings. The Kier molecular flexibility index (Phi) is 9.64. The summed E-state index contributed by atoms with van der Waals surface area (Å²) in [6, 6.07) is 36.4. The average Bonchev–Trinajstić information content (AvgIpc) is 4.06. The van der Waals surface area contributed by atoms with E-state index in [-0.39, 0.29) is 34.0 Å². The van der Waals surface area contributed by atoms with Crippen LogP contribution in [0.15, 0.2) is 165 Å². The molecule has 0 saturated heterocycles. The SMILES string of the molecule is COc1ccnc2c1ccn2-c1ccc(C(=O)c2cc(C(=O)c3ccc(Oc4ccnc5c4ccn5C)cc3)cc(C(=O)c3ccc(Oc4ccnc5c4ccn5C)cc3)c2)cc1. The highest BCUT2D eigenvalue weighted by atomic mass is 16.5. The summed E-state index contributed by atoms with van der Waals surface area (Å²) in [5, 5.41) is 2.57. The van der Waals surface area contributed by atoms with E-state index in [0.29, 0.717) is 51.1 Å². The predicted octanol–water partition coefficient (Wildman–Crippen LogP) is 10.1. The molecular formula is C51H36N6O6. The second kappa shape index (κ2) is 15.8. The number of fused-ring (bicyclic) bond motifs is 3. The fourth-order valence-electron chi connectivity index (χ4n) is 7.75. The Hall–Kier alpha value is -8.64. The summed E-state index contributed by atoms with van der Waals surface area (Å²) in [5.41, 5.74) is 4.68. The molecule has 0 atom stereocenters. The third-order valence-corrected chi connectivity index (χ3v) is 11.0. The average molecular weight is 829 g/mol. The molecule has 12 heteroatoms. The zero-order valence-corrected chi connectivity index (χ0v) is 34.2. The van der Waals surface area contributed by atoms with Crippen LogP contribution in [0.1, 0.15) is 47.8 Å². The van der Waals surface area contributed by atoms with Crippen molar-refractivity contribution >= 4 is 50.4 Å². The smallest absolute Gasteiger partial charge is 0.193 e. The van der Waals surface area contributed by atoms with Gasteiger partial charge in [0.25, 0.3) is 0 Å². The van der Waals surface area contributed by atoms with Crippen LogP contribution in [-0.2, 0) is 14.1 Å². The largest absolute Gasteiger partial charge is 0.496 e. The number of pyridine rings is 3. The van der Waals surface area contributed by atoms with E-state index in [9.17, 15) is 14.4 Å². The van der Waals surface area contributed by atoms with Crippen molar-refractivity contribution in [2.24, 2.45) is 14.1 Å². The number of benzene rings is 4. The van der Waals surface area contributed by atoms with Crippen LogP contribution in [0.25, 0.3) is 38.8 Å². The fraction of sp³-hybridized carbons (Fsp3) is 0.0588. The highest BCUT2D eigenvalue weighted by Crippen LogP contribution is 2.32. The Morgan fingerprint density at radius 1 is 0.429 bits per heavy atom. The summed E-state index contributed by atoms with van der Waals surface area (Å²) in [6.45, 7) is 0. The second-order valence-corrected chi connectivity index (χ2v) is 15.0. The van der Waals surface area contributed by atoms with Crippen LogP contribution in [0.2, 0.25) is 0 Å². The number of aromatic nitrogens is 6. The predicted molar refractivity (Wildman–Crippen MR) is 239 cm³/mol. The van der Waals surface area contributed by atoms with Gasteiger partial charge in [-0.25, -0.2) is 15.0 Å². The highest BCUT2D eigenvalue weighted by molar-refractivity contribution is 6.17. The molecule has 0 aliphatic heterocycles. The molecule has 0 amide bonds. The Morgan fingerprint density at radius 2 is 0.810 bits per heavy atom. The normalized spacial score (nSPS) is 11.3. The van der Waals surface area contributed by atoms with Crippen molar-refractivity contribution in [2.45, 2.75) is 0 Å². The van der Waals surface area contributed by atoms with Gasteiger partial charge in [0.2, 0.25) is 0 Å². The van der Waals surface area contributed by atoms with Crippen LogP contribution >= 0.6 is 0 Å². The van der Waals surface area contributed by atoms with Crippen molar-refractivity contribution < 1.29 is 28.6 Å². The first-order chi connectivity index (χ1) is 30.7. The van der Waals surface area contributed by atoms with E-state index in [0.717, 1.165) is 33.1 Å². The molecule has 0 N–H and O–H groups in total. The van der Waals surface area contributed by atoms with Crippen LogP contribution in [0.5, 0.6) is 28.7 Å². The van der Waals surface area contributed by atoms with E-state index >= 15 is 0 Å². The third kappa shape index (κ3) is 7.14. The number of rotatable bonds is 12. The molecule has 0 aliphatic rings. The van der Waals surface area contributed by atoms with Gasteiger partial charge in [-0.3, -0.25) is 14.4 Å². The maximum atomic E-state index is 14.3. The van der Waals surface area contributed by atoms with E-state index in [1.807, 2.05) is 76.7 Å². The lowest BCUT2D eigenvalue weighted by molar-refractivity contribution is 0.103. The Bertz CT molecular complexity index is 3250. The molecule has 63 heavy (non-hydrogen) atoms. The topological polar surface area (TPSA) is 132 Å². The molecule has 12 nitrogen and oxygen atoms in total. The standard InChI is InChI=1S/C51H36N6O6/c1-55-25-19-41-44(17-23-52-49(41)55)62-38-12-6-32(7-13-38)47(59)35-28-34(46(58)31-4-10-37(11-5-31)57-27-21-40-43(61-3)16-22-54-51(40)57)29-36(30-35)48(60)33-8-14-39(15-9-33)63-45-18-24-53-50-42(45)20-26-56(50)2/h4-30H,1-3H3. The molecule has 0 spiro atoms. The molecule has 4 aromatic carbocycles. The lowest BCUT2D eigenvalue weighted by atomic mass is 9.92. The number of aryl methyl sites for hydroxylation is 2. The van der Waals surface area contributed by atoms with Gasteiger partial charge in [0, 0.05) is 90.3 Å². The number of carbonyl (C=O) groups excluding carboxylic acids is 3. The highest BCUT2D eigenvalue weighted by Gasteiger charge is 2.21. The molecule has 0 unspecified atom stereocenters. The van der Waals surface area contributed by atoms with E-state index in [2.05, 4.69) is 15.0 Å². The summed E-state index contributed by atoms with van der Waals surface area (Å²) in [6.07, 6.45) is 10.8. The van der Waals surface area contributed by atoms with Crippen molar-refractivity contribution in [1.82, 2.24) is 28.7 Å². The lowest BCUT2D eigenvalue weighted by Crippen LogP contribution is -2.11. The van der Waals surface area contributed by atoms with E-state index < -0.39 is 0 Å². The Balaban J connectivity index is 0.959. The summed E-state index contributed by atoms with van der Waals surface area (Å²) in [7, 11) is 5.44.